The first-order chi connectivity index (χ1) is 10.6. The van der Waals surface area contributed by atoms with Gasteiger partial charge in [-0.15, -0.1) is 0 Å². The Morgan fingerprint density at radius 2 is 2.00 bits per heavy atom. The minimum absolute atomic E-state index is 0.0987. The second-order valence-corrected chi connectivity index (χ2v) is 5.98. The van der Waals surface area contributed by atoms with Gasteiger partial charge < -0.3 is 10.0 Å². The van der Waals surface area contributed by atoms with Gasteiger partial charge >= 0.3 is 0 Å². The molecule has 5 nitrogen and oxygen atoms in total. The SMILES string of the molecule is Cc1cn(-c2ccccc2)nc1C(=O)N1C[C@H](O)CC[C@H]1C. The van der Waals surface area contributed by atoms with Crippen molar-refractivity contribution in [3.8, 4) is 5.69 Å². The van der Waals surface area contributed by atoms with Gasteiger partial charge in [0.25, 0.3) is 5.91 Å². The number of carbonyl (C=O) groups is 1. The maximum Gasteiger partial charge on any atom is 0.274 e. The molecular formula is C17H21N3O2. The van der Waals surface area contributed by atoms with Crippen LogP contribution in [0.2, 0.25) is 0 Å². The van der Waals surface area contributed by atoms with Crippen molar-refractivity contribution in [3.63, 3.8) is 0 Å². The van der Waals surface area contributed by atoms with E-state index < -0.39 is 6.10 Å². The van der Waals surface area contributed by atoms with Crippen LogP contribution in [0.5, 0.6) is 0 Å². The highest BCUT2D eigenvalue weighted by atomic mass is 16.3. The number of benzene rings is 1. The Balaban J connectivity index is 1.88. The highest BCUT2D eigenvalue weighted by molar-refractivity contribution is 5.94. The zero-order valence-electron chi connectivity index (χ0n) is 12.9. The van der Waals surface area contributed by atoms with E-state index in [1.165, 1.54) is 0 Å². The lowest BCUT2D eigenvalue weighted by atomic mass is 10.0. The van der Waals surface area contributed by atoms with Crippen LogP contribution in [-0.2, 0) is 0 Å². The van der Waals surface area contributed by atoms with Gasteiger partial charge in [-0.2, -0.15) is 5.10 Å². The predicted molar refractivity (Wildman–Crippen MR) is 84.0 cm³/mol. The molecule has 5 heteroatoms. The molecule has 1 aromatic heterocycles. The Hall–Kier alpha value is -2.14. The highest BCUT2D eigenvalue weighted by Gasteiger charge is 2.30. The van der Waals surface area contributed by atoms with E-state index in [1.807, 2.05) is 50.4 Å². The molecule has 2 heterocycles. The molecule has 1 saturated heterocycles. The largest absolute Gasteiger partial charge is 0.391 e. The van der Waals surface area contributed by atoms with Crippen LogP contribution in [0.1, 0.15) is 35.8 Å². The molecule has 1 aromatic carbocycles. The molecule has 0 saturated carbocycles. The lowest BCUT2D eigenvalue weighted by molar-refractivity contribution is 0.0304. The van der Waals surface area contributed by atoms with Crippen LogP contribution in [0.25, 0.3) is 5.69 Å². The monoisotopic (exact) mass is 299 g/mol. The van der Waals surface area contributed by atoms with Crippen LogP contribution >= 0.6 is 0 Å². The van der Waals surface area contributed by atoms with Crippen LogP contribution in [0.3, 0.4) is 0 Å². The van der Waals surface area contributed by atoms with Crippen LogP contribution in [0.15, 0.2) is 36.5 Å². The summed E-state index contributed by atoms with van der Waals surface area (Å²) >= 11 is 0. The first-order valence-electron chi connectivity index (χ1n) is 7.67. The first-order valence-corrected chi connectivity index (χ1v) is 7.67. The van der Waals surface area contributed by atoms with Crippen LogP contribution in [0, 0.1) is 6.92 Å². The van der Waals surface area contributed by atoms with E-state index >= 15 is 0 Å². The maximum atomic E-state index is 12.8. The molecule has 1 amide bonds. The number of amides is 1. The summed E-state index contributed by atoms with van der Waals surface area (Å²) in [6.45, 7) is 4.30. The number of hydrogen-bond acceptors (Lipinski definition) is 3. The summed E-state index contributed by atoms with van der Waals surface area (Å²) in [4.78, 5) is 14.5. The Labute approximate surface area is 130 Å². The molecule has 116 valence electrons. The fraction of sp³-hybridized carbons (Fsp3) is 0.412. The van der Waals surface area contributed by atoms with E-state index in [0.717, 1.165) is 24.1 Å². The molecule has 0 spiro atoms. The van der Waals surface area contributed by atoms with Crippen LogP contribution in [0.4, 0.5) is 0 Å². The third-order valence-electron chi connectivity index (χ3n) is 4.24. The molecule has 2 aromatic rings. The number of β-amino-alcohol motifs (C(OH)–C–C–N with tert-alkyl or cyclic N) is 1. The number of para-hydroxylation sites is 1. The van der Waals surface area contributed by atoms with Crippen molar-refractivity contribution in [2.75, 3.05) is 6.54 Å². The number of rotatable bonds is 2. The fourth-order valence-electron chi connectivity index (χ4n) is 2.89. The summed E-state index contributed by atoms with van der Waals surface area (Å²) in [5.74, 6) is -0.0987. The summed E-state index contributed by atoms with van der Waals surface area (Å²) < 4.78 is 1.73. The minimum atomic E-state index is -0.434. The Morgan fingerprint density at radius 3 is 2.73 bits per heavy atom. The van der Waals surface area contributed by atoms with E-state index in [9.17, 15) is 9.90 Å². The molecule has 1 aliphatic rings. The number of aryl methyl sites for hydroxylation is 1. The van der Waals surface area contributed by atoms with Crippen LogP contribution < -0.4 is 0 Å². The molecular weight excluding hydrogens is 278 g/mol. The normalized spacial score (nSPS) is 21.9. The van der Waals surface area contributed by atoms with Crippen molar-refractivity contribution >= 4 is 5.91 Å². The summed E-state index contributed by atoms with van der Waals surface area (Å²) in [5.41, 5.74) is 2.24. The number of carbonyl (C=O) groups excluding carboxylic acids is 1. The third-order valence-corrected chi connectivity index (χ3v) is 4.24. The molecule has 1 fully saturated rings. The Kier molecular flexibility index (Phi) is 3.98. The lowest BCUT2D eigenvalue weighted by Crippen LogP contribution is -2.47. The van der Waals surface area contributed by atoms with Crippen molar-refractivity contribution < 1.29 is 9.90 Å². The van der Waals surface area contributed by atoms with Gasteiger partial charge in [-0.1, -0.05) is 18.2 Å². The number of aliphatic hydroxyl groups is 1. The minimum Gasteiger partial charge on any atom is -0.391 e. The zero-order chi connectivity index (χ0) is 15.7. The molecule has 1 aliphatic heterocycles. The highest BCUT2D eigenvalue weighted by Crippen LogP contribution is 2.21. The van der Waals surface area contributed by atoms with E-state index in [2.05, 4.69) is 5.10 Å². The Bertz CT molecular complexity index is 666. The van der Waals surface area contributed by atoms with Gasteiger partial charge in [0.1, 0.15) is 0 Å². The summed E-state index contributed by atoms with van der Waals surface area (Å²) in [5, 5.41) is 14.3. The van der Waals surface area contributed by atoms with Gasteiger partial charge in [-0.05, 0) is 38.8 Å². The van der Waals surface area contributed by atoms with E-state index in [4.69, 9.17) is 0 Å². The predicted octanol–water partition coefficient (Wildman–Crippen LogP) is 2.17. The number of aliphatic hydroxyl groups excluding tert-OH is 1. The number of likely N-dealkylation sites (tertiary alicyclic amines) is 1. The topological polar surface area (TPSA) is 58.4 Å². The summed E-state index contributed by atoms with van der Waals surface area (Å²) in [7, 11) is 0. The lowest BCUT2D eigenvalue weighted by Gasteiger charge is -2.35. The van der Waals surface area contributed by atoms with Crippen molar-refractivity contribution in [1.29, 1.82) is 0 Å². The van der Waals surface area contributed by atoms with Gasteiger partial charge in [0.05, 0.1) is 11.8 Å². The quantitative estimate of drug-likeness (QED) is 0.924. The fourth-order valence-corrected chi connectivity index (χ4v) is 2.89. The van der Waals surface area contributed by atoms with E-state index in [1.54, 1.807) is 9.58 Å². The number of hydrogen-bond donors (Lipinski definition) is 1. The van der Waals surface area contributed by atoms with E-state index in [-0.39, 0.29) is 11.9 Å². The van der Waals surface area contributed by atoms with Gasteiger partial charge in [-0.3, -0.25) is 4.79 Å². The number of aromatic nitrogens is 2. The van der Waals surface area contributed by atoms with Gasteiger partial charge in [0.15, 0.2) is 5.69 Å². The van der Waals surface area contributed by atoms with Crippen molar-refractivity contribution in [2.45, 2.75) is 38.8 Å². The number of piperidine rings is 1. The molecule has 22 heavy (non-hydrogen) atoms. The van der Waals surface area contributed by atoms with Crippen LogP contribution in [-0.4, -0.2) is 44.4 Å². The molecule has 1 N–H and O–H groups in total. The second-order valence-electron chi connectivity index (χ2n) is 5.98. The smallest absolute Gasteiger partial charge is 0.274 e. The molecule has 0 aliphatic carbocycles. The molecule has 2 atom stereocenters. The maximum absolute atomic E-state index is 12.8. The average molecular weight is 299 g/mol. The average Bonchev–Trinajstić information content (AvgIpc) is 2.92. The van der Waals surface area contributed by atoms with Gasteiger partial charge in [0, 0.05) is 24.3 Å². The number of nitrogens with zero attached hydrogens (tertiary/aromatic N) is 3. The molecule has 0 radical (unpaired) electrons. The molecule has 0 unspecified atom stereocenters. The van der Waals surface area contributed by atoms with Crippen molar-refractivity contribution in [3.05, 3.63) is 47.8 Å². The first kappa shape index (κ1) is 14.8. The Morgan fingerprint density at radius 1 is 1.27 bits per heavy atom. The molecule has 0 bridgehead atoms. The summed E-state index contributed by atoms with van der Waals surface area (Å²) in [6.07, 6.45) is 3.01. The second kappa shape index (κ2) is 5.93. The van der Waals surface area contributed by atoms with Crippen molar-refractivity contribution in [2.24, 2.45) is 0 Å². The summed E-state index contributed by atoms with van der Waals surface area (Å²) in [6, 6.07) is 9.87. The third kappa shape index (κ3) is 2.76. The van der Waals surface area contributed by atoms with E-state index in [0.29, 0.717) is 12.2 Å². The molecule has 3 rings (SSSR count). The standard InChI is InChI=1S/C17H21N3O2/c1-12-10-20(14-6-4-3-5-7-14)18-16(12)17(22)19-11-15(21)9-8-13(19)2/h3-7,10,13,15,21H,8-9,11H2,1-2H3/t13-,15-/m1/s1. The van der Waals surface area contributed by atoms with Gasteiger partial charge in [-0.25, -0.2) is 4.68 Å². The van der Waals surface area contributed by atoms with Crippen molar-refractivity contribution in [1.82, 2.24) is 14.7 Å². The zero-order valence-corrected chi connectivity index (χ0v) is 12.9. The van der Waals surface area contributed by atoms with Gasteiger partial charge in [0.2, 0.25) is 0 Å².